The number of alkyl carbamates (subject to hydrolysis) is 1. The Labute approximate surface area is 242 Å². The van der Waals surface area contributed by atoms with Crippen LogP contribution >= 0.6 is 0 Å². The van der Waals surface area contributed by atoms with Gasteiger partial charge < -0.3 is 20.3 Å². The number of ether oxygens (including phenoxy) is 1. The Morgan fingerprint density at radius 3 is 2.10 bits per heavy atom. The van der Waals surface area contributed by atoms with Gasteiger partial charge in [0.2, 0.25) is 11.8 Å². The van der Waals surface area contributed by atoms with Gasteiger partial charge in [0.1, 0.15) is 17.7 Å². The largest absolute Gasteiger partial charge is 0.444 e. The van der Waals surface area contributed by atoms with Crippen molar-refractivity contribution in [2.24, 2.45) is 11.8 Å². The average Bonchev–Trinajstić information content (AvgIpc) is 2.88. The van der Waals surface area contributed by atoms with Crippen LogP contribution in [0.3, 0.4) is 0 Å². The van der Waals surface area contributed by atoms with E-state index >= 15 is 0 Å². The summed E-state index contributed by atoms with van der Waals surface area (Å²) < 4.78 is 5.49. The van der Waals surface area contributed by atoms with Gasteiger partial charge >= 0.3 is 6.09 Å². The molecule has 7 heteroatoms. The predicted molar refractivity (Wildman–Crippen MR) is 161 cm³/mol. The number of benzene rings is 1. The summed E-state index contributed by atoms with van der Waals surface area (Å²) in [4.78, 5) is 43.0. The molecule has 0 aromatic heterocycles. The summed E-state index contributed by atoms with van der Waals surface area (Å²) in [6.45, 7) is 15.4. The zero-order valence-electron chi connectivity index (χ0n) is 25.9. The SMILES string of the molecule is C#Cc1ccc(C(C(=O)NC2CCCCC2)N(C(=O)C(NC(=O)OC(C)(C)C)C(C)C)C(C)CCC(C)C)cc1. The minimum absolute atomic E-state index is 0.0810. The second-order valence-corrected chi connectivity index (χ2v) is 12.9. The highest BCUT2D eigenvalue weighted by Gasteiger charge is 2.40. The standard InChI is InChI=1S/C33H51N3O4/c1-10-25-18-20-26(21-19-25)29(30(37)34-27-14-12-11-13-15-27)36(24(6)17-16-22(2)3)31(38)28(23(4)5)35-32(39)40-33(7,8)9/h1,18-24,27-29H,11-17H2,2-9H3,(H,34,37)(H,35,39). The summed E-state index contributed by atoms with van der Waals surface area (Å²) in [5.74, 6) is 2.32. The number of nitrogens with one attached hydrogen (secondary N) is 2. The molecule has 1 aromatic rings. The number of amides is 3. The van der Waals surface area contributed by atoms with E-state index in [4.69, 9.17) is 11.2 Å². The van der Waals surface area contributed by atoms with Crippen LogP contribution in [0.2, 0.25) is 0 Å². The van der Waals surface area contributed by atoms with Crippen LogP contribution in [0.15, 0.2) is 24.3 Å². The first-order chi connectivity index (χ1) is 18.7. The molecule has 3 atom stereocenters. The third-order valence-corrected chi connectivity index (χ3v) is 7.37. The predicted octanol–water partition coefficient (Wildman–Crippen LogP) is 6.36. The fourth-order valence-electron chi connectivity index (χ4n) is 5.15. The number of hydrogen-bond donors (Lipinski definition) is 2. The van der Waals surface area contributed by atoms with Crippen LogP contribution in [0, 0.1) is 24.2 Å². The van der Waals surface area contributed by atoms with E-state index < -0.39 is 23.8 Å². The lowest BCUT2D eigenvalue weighted by molar-refractivity contribution is -0.146. The topological polar surface area (TPSA) is 87.7 Å². The first-order valence-corrected chi connectivity index (χ1v) is 14.9. The molecule has 0 bridgehead atoms. The summed E-state index contributed by atoms with van der Waals surface area (Å²) >= 11 is 0. The van der Waals surface area contributed by atoms with Crippen molar-refractivity contribution in [2.45, 2.75) is 130 Å². The molecular weight excluding hydrogens is 502 g/mol. The van der Waals surface area contributed by atoms with Gasteiger partial charge in [0.15, 0.2) is 0 Å². The van der Waals surface area contributed by atoms with Crippen LogP contribution in [0.1, 0.15) is 118 Å². The maximum absolute atomic E-state index is 14.4. The fourth-order valence-corrected chi connectivity index (χ4v) is 5.15. The molecule has 1 saturated carbocycles. The lowest BCUT2D eigenvalue weighted by Gasteiger charge is -2.40. The van der Waals surface area contributed by atoms with Gasteiger partial charge in [-0.05, 0) is 82.9 Å². The average molecular weight is 554 g/mol. The second-order valence-electron chi connectivity index (χ2n) is 12.9. The molecule has 0 aliphatic heterocycles. The second kappa shape index (κ2) is 15.1. The molecule has 1 aliphatic rings. The van der Waals surface area contributed by atoms with Gasteiger partial charge in [-0.3, -0.25) is 9.59 Å². The maximum atomic E-state index is 14.4. The first kappa shape index (κ1) is 33.2. The van der Waals surface area contributed by atoms with E-state index in [1.54, 1.807) is 37.8 Å². The number of carbonyl (C=O) groups is 3. The van der Waals surface area contributed by atoms with Gasteiger partial charge in [-0.1, -0.05) is 65.0 Å². The van der Waals surface area contributed by atoms with Crippen LogP contribution in [-0.2, 0) is 14.3 Å². The van der Waals surface area contributed by atoms with Gasteiger partial charge in [0, 0.05) is 17.6 Å². The van der Waals surface area contributed by atoms with Crippen molar-refractivity contribution in [2.75, 3.05) is 0 Å². The molecule has 1 aliphatic carbocycles. The van der Waals surface area contributed by atoms with E-state index in [0.29, 0.717) is 17.0 Å². The highest BCUT2D eigenvalue weighted by atomic mass is 16.6. The molecule has 3 amide bonds. The summed E-state index contributed by atoms with van der Waals surface area (Å²) in [7, 11) is 0. The number of terminal acetylenes is 1. The Balaban J connectivity index is 2.56. The van der Waals surface area contributed by atoms with E-state index in [9.17, 15) is 14.4 Å². The van der Waals surface area contributed by atoms with Crippen molar-refractivity contribution in [3.8, 4) is 12.3 Å². The molecule has 1 aromatic carbocycles. The molecular formula is C33H51N3O4. The molecule has 0 spiro atoms. The maximum Gasteiger partial charge on any atom is 0.408 e. The highest BCUT2D eigenvalue weighted by molar-refractivity contribution is 5.92. The van der Waals surface area contributed by atoms with Gasteiger partial charge in [0.25, 0.3) is 0 Å². The minimum Gasteiger partial charge on any atom is -0.444 e. The van der Waals surface area contributed by atoms with Crippen LogP contribution in [-0.4, -0.2) is 46.5 Å². The number of rotatable bonds is 11. The van der Waals surface area contributed by atoms with Crippen LogP contribution < -0.4 is 10.6 Å². The molecule has 0 radical (unpaired) electrons. The summed E-state index contributed by atoms with van der Waals surface area (Å²) in [5, 5.41) is 6.06. The molecule has 7 nitrogen and oxygen atoms in total. The Morgan fingerprint density at radius 1 is 1.00 bits per heavy atom. The monoisotopic (exact) mass is 553 g/mol. The molecule has 0 heterocycles. The Bertz CT molecular complexity index is 1010. The van der Waals surface area contributed by atoms with Crippen molar-refractivity contribution in [1.29, 1.82) is 0 Å². The first-order valence-electron chi connectivity index (χ1n) is 14.9. The summed E-state index contributed by atoms with van der Waals surface area (Å²) in [6, 6.07) is 5.36. The van der Waals surface area contributed by atoms with Gasteiger partial charge in [-0.25, -0.2) is 4.79 Å². The zero-order valence-corrected chi connectivity index (χ0v) is 25.9. The number of nitrogens with zero attached hydrogens (tertiary/aromatic N) is 1. The summed E-state index contributed by atoms with van der Waals surface area (Å²) in [6.07, 6.45) is 11.7. The van der Waals surface area contributed by atoms with E-state index in [1.165, 1.54) is 6.42 Å². The lowest BCUT2D eigenvalue weighted by Crippen LogP contribution is -2.57. The summed E-state index contributed by atoms with van der Waals surface area (Å²) in [5.41, 5.74) is 0.685. The Hall–Kier alpha value is -3.01. The molecule has 3 unspecified atom stereocenters. The lowest BCUT2D eigenvalue weighted by atomic mass is 9.93. The molecule has 2 rings (SSSR count). The van der Waals surface area contributed by atoms with E-state index in [2.05, 4.69) is 30.4 Å². The van der Waals surface area contributed by atoms with Crippen LogP contribution in [0.25, 0.3) is 0 Å². The van der Waals surface area contributed by atoms with Gasteiger partial charge in [0.05, 0.1) is 0 Å². The minimum atomic E-state index is -0.870. The van der Waals surface area contributed by atoms with Crippen molar-refractivity contribution in [1.82, 2.24) is 15.5 Å². The third kappa shape index (κ3) is 10.2. The smallest absolute Gasteiger partial charge is 0.408 e. The van der Waals surface area contributed by atoms with E-state index in [-0.39, 0.29) is 29.8 Å². The Kier molecular flexibility index (Phi) is 12.5. The molecule has 1 fully saturated rings. The molecule has 2 N–H and O–H groups in total. The molecule has 40 heavy (non-hydrogen) atoms. The van der Waals surface area contributed by atoms with Crippen LogP contribution in [0.4, 0.5) is 4.79 Å². The Morgan fingerprint density at radius 2 is 1.60 bits per heavy atom. The van der Waals surface area contributed by atoms with Gasteiger partial charge in [-0.15, -0.1) is 6.42 Å². The van der Waals surface area contributed by atoms with E-state index in [0.717, 1.165) is 38.5 Å². The highest BCUT2D eigenvalue weighted by Crippen LogP contribution is 2.30. The third-order valence-electron chi connectivity index (χ3n) is 7.37. The van der Waals surface area contributed by atoms with Crippen molar-refractivity contribution in [3.05, 3.63) is 35.4 Å². The van der Waals surface area contributed by atoms with Crippen molar-refractivity contribution < 1.29 is 19.1 Å². The fraction of sp³-hybridized carbons (Fsp3) is 0.667. The van der Waals surface area contributed by atoms with Crippen molar-refractivity contribution in [3.63, 3.8) is 0 Å². The number of hydrogen-bond acceptors (Lipinski definition) is 4. The van der Waals surface area contributed by atoms with E-state index in [1.807, 2.05) is 32.9 Å². The zero-order chi connectivity index (χ0) is 30.0. The van der Waals surface area contributed by atoms with Gasteiger partial charge in [-0.2, -0.15) is 0 Å². The normalized spacial score (nSPS) is 16.5. The quantitative estimate of drug-likeness (QED) is 0.312. The molecule has 0 saturated heterocycles. The van der Waals surface area contributed by atoms with Crippen molar-refractivity contribution >= 4 is 17.9 Å². The number of carbonyl (C=O) groups excluding carboxylic acids is 3. The van der Waals surface area contributed by atoms with Crippen LogP contribution in [0.5, 0.6) is 0 Å². The molecule has 222 valence electrons.